The molecule has 0 aromatic heterocycles. The number of ether oxygens (including phenoxy) is 1. The number of benzene rings is 1. The normalized spacial score (nSPS) is 12.3. The fourth-order valence-corrected chi connectivity index (χ4v) is 1.36. The molecule has 0 heterocycles. The van der Waals surface area contributed by atoms with E-state index in [0.717, 1.165) is 0 Å². The van der Waals surface area contributed by atoms with E-state index >= 15 is 0 Å². The van der Waals surface area contributed by atoms with Gasteiger partial charge in [0.15, 0.2) is 0 Å². The van der Waals surface area contributed by atoms with E-state index in [9.17, 15) is 18.0 Å². The maximum Gasteiger partial charge on any atom is 0.257 e. The van der Waals surface area contributed by atoms with Crippen LogP contribution < -0.4 is 5.32 Å². The van der Waals surface area contributed by atoms with Gasteiger partial charge in [-0.15, -0.1) is 0 Å². The Kier molecular flexibility index (Phi) is 5.11. The summed E-state index contributed by atoms with van der Waals surface area (Å²) < 4.78 is 43.9. The Morgan fingerprint density at radius 3 is 2.39 bits per heavy atom. The van der Waals surface area contributed by atoms with Crippen LogP contribution in [0.2, 0.25) is 0 Å². The van der Waals surface area contributed by atoms with Crippen molar-refractivity contribution in [2.45, 2.75) is 6.04 Å². The summed E-state index contributed by atoms with van der Waals surface area (Å²) in [7, 11) is 1.34. The summed E-state index contributed by atoms with van der Waals surface area (Å²) in [5.74, 6) is -4.81. The maximum atomic E-state index is 13.3. The van der Waals surface area contributed by atoms with Crippen LogP contribution in [0.15, 0.2) is 12.1 Å². The van der Waals surface area contributed by atoms with Crippen molar-refractivity contribution in [1.29, 1.82) is 0 Å². The van der Waals surface area contributed by atoms with Crippen molar-refractivity contribution in [3.63, 3.8) is 0 Å². The molecule has 2 N–H and O–H groups in total. The summed E-state index contributed by atoms with van der Waals surface area (Å²) in [5, 5.41) is 11.1. The summed E-state index contributed by atoms with van der Waals surface area (Å²) in [5.41, 5.74) is -0.897. The summed E-state index contributed by atoms with van der Waals surface area (Å²) in [4.78, 5) is 11.6. The Balaban J connectivity index is 2.90. The molecule has 1 aromatic rings. The zero-order valence-electron chi connectivity index (χ0n) is 9.54. The highest BCUT2D eigenvalue weighted by Crippen LogP contribution is 2.14. The smallest absolute Gasteiger partial charge is 0.257 e. The van der Waals surface area contributed by atoms with E-state index in [1.807, 2.05) is 0 Å². The van der Waals surface area contributed by atoms with E-state index in [0.29, 0.717) is 12.1 Å². The summed E-state index contributed by atoms with van der Waals surface area (Å²) in [6.07, 6.45) is 0. The largest absolute Gasteiger partial charge is 0.394 e. The average molecular weight is 263 g/mol. The molecule has 1 atom stereocenters. The first-order chi connectivity index (χ1) is 8.49. The number of hydrogen-bond acceptors (Lipinski definition) is 3. The molecule has 0 aliphatic heterocycles. The summed E-state index contributed by atoms with van der Waals surface area (Å²) >= 11 is 0. The molecule has 1 aromatic carbocycles. The van der Waals surface area contributed by atoms with Gasteiger partial charge in [-0.3, -0.25) is 4.79 Å². The summed E-state index contributed by atoms with van der Waals surface area (Å²) in [6.45, 7) is -0.476. The molecule has 1 unspecified atom stereocenters. The van der Waals surface area contributed by atoms with E-state index in [2.05, 4.69) is 10.1 Å². The van der Waals surface area contributed by atoms with E-state index in [1.165, 1.54) is 7.11 Å². The van der Waals surface area contributed by atoms with Crippen molar-refractivity contribution in [3.05, 3.63) is 35.1 Å². The second-order valence-electron chi connectivity index (χ2n) is 3.55. The van der Waals surface area contributed by atoms with E-state index < -0.39 is 41.6 Å². The third-order valence-corrected chi connectivity index (χ3v) is 2.16. The molecule has 0 aliphatic carbocycles. The first-order valence-corrected chi connectivity index (χ1v) is 5.04. The number of hydrogen-bond donors (Lipinski definition) is 2. The van der Waals surface area contributed by atoms with Crippen LogP contribution in [0.4, 0.5) is 13.2 Å². The quantitative estimate of drug-likeness (QED) is 0.827. The number of aliphatic hydroxyl groups excluding tert-OH is 1. The molecule has 0 spiro atoms. The molecular weight excluding hydrogens is 251 g/mol. The van der Waals surface area contributed by atoms with Crippen LogP contribution in [0, 0.1) is 17.5 Å². The van der Waals surface area contributed by atoms with Crippen LogP contribution in [0.25, 0.3) is 0 Å². The van der Waals surface area contributed by atoms with Crippen molar-refractivity contribution in [3.8, 4) is 0 Å². The molecule has 1 amide bonds. The molecule has 0 aliphatic rings. The third-order valence-electron chi connectivity index (χ3n) is 2.16. The molecule has 0 fully saturated rings. The molecule has 4 nitrogen and oxygen atoms in total. The molecule has 0 radical (unpaired) electrons. The van der Waals surface area contributed by atoms with Crippen LogP contribution in [0.3, 0.4) is 0 Å². The van der Waals surface area contributed by atoms with Gasteiger partial charge in [0.25, 0.3) is 5.91 Å². The first-order valence-electron chi connectivity index (χ1n) is 5.04. The fourth-order valence-electron chi connectivity index (χ4n) is 1.36. The number of halogens is 3. The number of amides is 1. The van der Waals surface area contributed by atoms with Gasteiger partial charge in [-0.25, -0.2) is 13.2 Å². The predicted octanol–water partition coefficient (Wildman–Crippen LogP) is 0.841. The standard InChI is InChI=1S/C11H12F3NO3/c1-18-5-7(4-16)15-11(17)10-8(13)2-6(12)3-9(10)14/h2-3,7,16H,4-5H2,1H3,(H,15,17). The van der Waals surface area contributed by atoms with Gasteiger partial charge in [-0.2, -0.15) is 0 Å². The van der Waals surface area contributed by atoms with E-state index in [-0.39, 0.29) is 6.61 Å². The molecule has 1 rings (SSSR count). The lowest BCUT2D eigenvalue weighted by molar-refractivity contribution is 0.0831. The molecular formula is C11H12F3NO3. The Hall–Kier alpha value is -1.60. The zero-order valence-corrected chi connectivity index (χ0v) is 9.54. The Bertz CT molecular complexity index is 417. The van der Waals surface area contributed by atoms with Gasteiger partial charge in [0.1, 0.15) is 23.0 Å². The topological polar surface area (TPSA) is 58.6 Å². The minimum absolute atomic E-state index is 0.0212. The Labute approximate surface area is 101 Å². The fraction of sp³-hybridized carbons (Fsp3) is 0.364. The third kappa shape index (κ3) is 3.44. The van der Waals surface area contributed by atoms with Crippen molar-refractivity contribution >= 4 is 5.91 Å². The highest BCUT2D eigenvalue weighted by molar-refractivity contribution is 5.94. The molecule has 18 heavy (non-hydrogen) atoms. The van der Waals surface area contributed by atoms with Crippen LogP contribution in [0.5, 0.6) is 0 Å². The Morgan fingerprint density at radius 2 is 1.94 bits per heavy atom. The van der Waals surface area contributed by atoms with Gasteiger partial charge >= 0.3 is 0 Å². The maximum absolute atomic E-state index is 13.3. The van der Waals surface area contributed by atoms with Gasteiger partial charge in [0, 0.05) is 19.2 Å². The van der Waals surface area contributed by atoms with Crippen LogP contribution in [-0.2, 0) is 4.74 Å². The predicted molar refractivity (Wildman–Crippen MR) is 56.5 cm³/mol. The van der Waals surface area contributed by atoms with Crippen LogP contribution >= 0.6 is 0 Å². The SMILES string of the molecule is COCC(CO)NC(=O)c1c(F)cc(F)cc1F. The number of carbonyl (C=O) groups excluding carboxylic acids is 1. The molecule has 100 valence electrons. The minimum atomic E-state index is -1.31. The number of carbonyl (C=O) groups is 1. The highest BCUT2D eigenvalue weighted by atomic mass is 19.1. The minimum Gasteiger partial charge on any atom is -0.394 e. The lowest BCUT2D eigenvalue weighted by atomic mass is 10.1. The number of aliphatic hydroxyl groups is 1. The first kappa shape index (κ1) is 14.5. The lowest BCUT2D eigenvalue weighted by Gasteiger charge is -2.15. The molecule has 7 heteroatoms. The number of nitrogens with one attached hydrogen (secondary N) is 1. The van der Waals surface area contributed by atoms with Crippen LogP contribution in [0.1, 0.15) is 10.4 Å². The van der Waals surface area contributed by atoms with Crippen LogP contribution in [-0.4, -0.2) is 37.4 Å². The molecule has 0 saturated heterocycles. The Morgan fingerprint density at radius 1 is 1.39 bits per heavy atom. The lowest BCUT2D eigenvalue weighted by Crippen LogP contribution is -2.41. The van der Waals surface area contributed by atoms with E-state index in [1.54, 1.807) is 0 Å². The van der Waals surface area contributed by atoms with Crippen molar-refractivity contribution in [1.82, 2.24) is 5.32 Å². The molecule has 0 bridgehead atoms. The van der Waals surface area contributed by atoms with Gasteiger partial charge in [0.2, 0.25) is 0 Å². The monoisotopic (exact) mass is 263 g/mol. The molecule has 0 saturated carbocycles. The number of rotatable bonds is 5. The zero-order chi connectivity index (χ0) is 13.7. The van der Waals surface area contributed by atoms with Crippen molar-refractivity contribution < 1.29 is 27.8 Å². The highest BCUT2D eigenvalue weighted by Gasteiger charge is 2.21. The van der Waals surface area contributed by atoms with Crippen molar-refractivity contribution in [2.24, 2.45) is 0 Å². The van der Waals surface area contributed by atoms with Crippen molar-refractivity contribution in [2.75, 3.05) is 20.3 Å². The second kappa shape index (κ2) is 6.36. The number of methoxy groups -OCH3 is 1. The second-order valence-corrected chi connectivity index (χ2v) is 3.55. The van der Waals surface area contributed by atoms with E-state index in [4.69, 9.17) is 5.11 Å². The van der Waals surface area contributed by atoms with Gasteiger partial charge in [-0.05, 0) is 0 Å². The average Bonchev–Trinajstić information content (AvgIpc) is 2.26. The van der Waals surface area contributed by atoms with Gasteiger partial charge in [-0.1, -0.05) is 0 Å². The van der Waals surface area contributed by atoms with Gasteiger partial charge < -0.3 is 15.2 Å². The van der Waals surface area contributed by atoms with Gasteiger partial charge in [0.05, 0.1) is 19.3 Å². The summed E-state index contributed by atoms with van der Waals surface area (Å²) in [6, 6.07) is 0.0104.